The van der Waals surface area contributed by atoms with Gasteiger partial charge in [0.2, 0.25) is 12.7 Å². The fourth-order valence-corrected chi connectivity index (χ4v) is 3.63. The number of hydrogen-bond donors (Lipinski definition) is 1. The first-order valence-electron chi connectivity index (χ1n) is 9.86. The van der Waals surface area contributed by atoms with Gasteiger partial charge in [-0.3, -0.25) is 14.5 Å². The fourth-order valence-electron chi connectivity index (χ4n) is 3.63. The lowest BCUT2D eigenvalue weighted by molar-refractivity contribution is -0.126. The Labute approximate surface area is 170 Å². The molecule has 0 unspecified atom stereocenters. The number of ether oxygens (including phenoxy) is 2. The molecule has 0 aliphatic carbocycles. The Balaban J connectivity index is 1.26. The highest BCUT2D eigenvalue weighted by Crippen LogP contribution is 2.32. The molecule has 4 rings (SSSR count). The molecule has 1 saturated heterocycles. The maximum Gasteiger partial charge on any atom is 0.253 e. The summed E-state index contributed by atoms with van der Waals surface area (Å²) in [6.45, 7) is 5.17. The number of piperazine rings is 1. The van der Waals surface area contributed by atoms with Crippen LogP contribution in [0.2, 0.25) is 0 Å². The van der Waals surface area contributed by atoms with E-state index in [4.69, 9.17) is 9.47 Å². The van der Waals surface area contributed by atoms with E-state index < -0.39 is 0 Å². The van der Waals surface area contributed by atoms with E-state index in [0.29, 0.717) is 44.0 Å². The summed E-state index contributed by atoms with van der Waals surface area (Å²) in [6, 6.07) is 14.7. The largest absolute Gasteiger partial charge is 0.454 e. The van der Waals surface area contributed by atoms with Crippen molar-refractivity contribution >= 4 is 11.8 Å². The first-order valence-corrected chi connectivity index (χ1v) is 9.86. The molecule has 1 N–H and O–H groups in total. The third-order valence-corrected chi connectivity index (χ3v) is 5.45. The van der Waals surface area contributed by atoms with Gasteiger partial charge in [0.25, 0.3) is 5.91 Å². The predicted octanol–water partition coefficient (Wildman–Crippen LogP) is 1.88. The third-order valence-electron chi connectivity index (χ3n) is 5.45. The van der Waals surface area contributed by atoms with Crippen molar-refractivity contribution in [3.8, 4) is 11.5 Å². The summed E-state index contributed by atoms with van der Waals surface area (Å²) >= 11 is 0. The van der Waals surface area contributed by atoms with Gasteiger partial charge >= 0.3 is 0 Å². The van der Waals surface area contributed by atoms with E-state index in [1.165, 1.54) is 0 Å². The van der Waals surface area contributed by atoms with Crippen LogP contribution in [0.1, 0.15) is 22.8 Å². The van der Waals surface area contributed by atoms with Crippen LogP contribution in [-0.4, -0.2) is 60.6 Å². The summed E-state index contributed by atoms with van der Waals surface area (Å²) in [4.78, 5) is 29.1. The molecule has 152 valence electrons. The van der Waals surface area contributed by atoms with Gasteiger partial charge in [-0.25, -0.2) is 0 Å². The van der Waals surface area contributed by atoms with Gasteiger partial charge in [0.05, 0.1) is 6.04 Å². The molecule has 29 heavy (non-hydrogen) atoms. The summed E-state index contributed by atoms with van der Waals surface area (Å²) in [5.41, 5.74) is 1.67. The maximum absolute atomic E-state index is 12.6. The summed E-state index contributed by atoms with van der Waals surface area (Å²) in [5, 5.41) is 2.99. The molecule has 0 radical (unpaired) electrons. The highest BCUT2D eigenvalue weighted by atomic mass is 16.7. The zero-order valence-electron chi connectivity index (χ0n) is 16.5. The van der Waals surface area contributed by atoms with E-state index in [1.807, 2.05) is 60.4 Å². The van der Waals surface area contributed by atoms with E-state index in [1.54, 1.807) is 0 Å². The molecule has 0 aromatic heterocycles. The molecule has 0 bridgehead atoms. The maximum atomic E-state index is 12.6. The normalized spacial score (nSPS) is 17.1. The highest BCUT2D eigenvalue weighted by molar-refractivity contribution is 5.94. The van der Waals surface area contributed by atoms with Gasteiger partial charge < -0.3 is 19.7 Å². The van der Waals surface area contributed by atoms with Crippen LogP contribution in [0.15, 0.2) is 48.5 Å². The number of amides is 2. The van der Waals surface area contributed by atoms with Gasteiger partial charge in [-0.2, -0.15) is 0 Å². The SMILES string of the molecule is C[C@@H](C(=O)NCc1ccc2c(c1)OCO2)N1CCN(C(=O)c2ccccc2)CC1. The average molecular weight is 395 g/mol. The first kappa shape index (κ1) is 19.3. The van der Waals surface area contributed by atoms with Gasteiger partial charge in [-0.05, 0) is 36.8 Å². The van der Waals surface area contributed by atoms with E-state index in [2.05, 4.69) is 10.2 Å². The Kier molecular flexibility index (Phi) is 5.67. The number of carbonyl (C=O) groups is 2. The van der Waals surface area contributed by atoms with Crippen LogP contribution in [-0.2, 0) is 11.3 Å². The summed E-state index contributed by atoms with van der Waals surface area (Å²) in [5.74, 6) is 1.47. The minimum atomic E-state index is -0.252. The van der Waals surface area contributed by atoms with Crippen molar-refractivity contribution in [2.45, 2.75) is 19.5 Å². The molecule has 1 atom stereocenters. The quantitative estimate of drug-likeness (QED) is 0.837. The lowest BCUT2D eigenvalue weighted by Gasteiger charge is -2.37. The minimum absolute atomic E-state index is 0.0227. The molecule has 7 heteroatoms. The zero-order valence-corrected chi connectivity index (χ0v) is 16.5. The highest BCUT2D eigenvalue weighted by Gasteiger charge is 2.27. The topological polar surface area (TPSA) is 71.1 Å². The number of hydrogen-bond acceptors (Lipinski definition) is 5. The van der Waals surface area contributed by atoms with Crippen molar-refractivity contribution in [2.75, 3.05) is 33.0 Å². The van der Waals surface area contributed by atoms with Crippen molar-refractivity contribution < 1.29 is 19.1 Å². The average Bonchev–Trinajstić information content (AvgIpc) is 3.25. The Bertz CT molecular complexity index is 879. The van der Waals surface area contributed by atoms with Crippen LogP contribution in [0, 0.1) is 0 Å². The summed E-state index contributed by atoms with van der Waals surface area (Å²) < 4.78 is 10.7. The number of nitrogens with one attached hydrogen (secondary N) is 1. The van der Waals surface area contributed by atoms with E-state index >= 15 is 0 Å². The van der Waals surface area contributed by atoms with E-state index in [9.17, 15) is 9.59 Å². The standard InChI is InChI=1S/C22H25N3O4/c1-16(21(26)23-14-17-7-8-19-20(13-17)29-15-28-19)24-9-11-25(12-10-24)22(27)18-5-3-2-4-6-18/h2-8,13,16H,9-12,14-15H2,1H3,(H,23,26)/t16-/m0/s1. The van der Waals surface area contributed by atoms with Gasteiger partial charge in [0.1, 0.15) is 0 Å². The molecule has 2 aromatic rings. The van der Waals surface area contributed by atoms with Gasteiger partial charge in [-0.1, -0.05) is 24.3 Å². The van der Waals surface area contributed by atoms with Crippen LogP contribution in [0.25, 0.3) is 0 Å². The van der Waals surface area contributed by atoms with Crippen molar-refractivity contribution in [2.24, 2.45) is 0 Å². The number of fused-ring (bicyclic) bond motifs is 1. The molecule has 2 aliphatic heterocycles. The van der Waals surface area contributed by atoms with Crippen LogP contribution < -0.4 is 14.8 Å². The van der Waals surface area contributed by atoms with Crippen molar-refractivity contribution in [1.29, 1.82) is 0 Å². The molecule has 7 nitrogen and oxygen atoms in total. The Morgan fingerprint density at radius 1 is 1.00 bits per heavy atom. The summed E-state index contributed by atoms with van der Waals surface area (Å²) in [7, 11) is 0. The van der Waals surface area contributed by atoms with Crippen LogP contribution in [0.3, 0.4) is 0 Å². The zero-order chi connectivity index (χ0) is 20.2. The molecule has 0 spiro atoms. The number of benzene rings is 2. The minimum Gasteiger partial charge on any atom is -0.454 e. The predicted molar refractivity (Wildman–Crippen MR) is 108 cm³/mol. The summed E-state index contributed by atoms with van der Waals surface area (Å²) in [6.07, 6.45) is 0. The lowest BCUT2D eigenvalue weighted by atomic mass is 10.1. The van der Waals surface area contributed by atoms with Gasteiger partial charge in [0, 0.05) is 38.3 Å². The number of carbonyl (C=O) groups excluding carboxylic acids is 2. The second kappa shape index (κ2) is 8.53. The smallest absolute Gasteiger partial charge is 0.253 e. The second-order valence-electron chi connectivity index (χ2n) is 7.28. The van der Waals surface area contributed by atoms with Crippen molar-refractivity contribution in [1.82, 2.24) is 15.1 Å². The van der Waals surface area contributed by atoms with Crippen molar-refractivity contribution in [3.05, 3.63) is 59.7 Å². The van der Waals surface area contributed by atoms with E-state index in [-0.39, 0.29) is 24.6 Å². The van der Waals surface area contributed by atoms with Gasteiger partial charge in [0.15, 0.2) is 11.5 Å². The van der Waals surface area contributed by atoms with Crippen LogP contribution >= 0.6 is 0 Å². The monoisotopic (exact) mass is 395 g/mol. The Morgan fingerprint density at radius 2 is 1.72 bits per heavy atom. The third kappa shape index (κ3) is 4.35. The first-order chi connectivity index (χ1) is 14.1. The second-order valence-corrected chi connectivity index (χ2v) is 7.28. The van der Waals surface area contributed by atoms with Crippen molar-refractivity contribution in [3.63, 3.8) is 0 Å². The molecule has 2 heterocycles. The Morgan fingerprint density at radius 3 is 2.48 bits per heavy atom. The molecule has 2 aromatic carbocycles. The van der Waals surface area contributed by atoms with E-state index in [0.717, 1.165) is 11.3 Å². The molecule has 2 aliphatic rings. The number of nitrogens with zero attached hydrogens (tertiary/aromatic N) is 2. The fraction of sp³-hybridized carbons (Fsp3) is 0.364. The molecular formula is C22H25N3O4. The molecular weight excluding hydrogens is 370 g/mol. The molecule has 1 fully saturated rings. The van der Waals surface area contributed by atoms with Crippen LogP contribution in [0.4, 0.5) is 0 Å². The molecule has 0 saturated carbocycles. The Hall–Kier alpha value is -3.06. The molecule has 2 amide bonds. The number of rotatable bonds is 5. The van der Waals surface area contributed by atoms with Gasteiger partial charge in [-0.15, -0.1) is 0 Å². The lowest BCUT2D eigenvalue weighted by Crippen LogP contribution is -2.54. The van der Waals surface area contributed by atoms with Crippen LogP contribution in [0.5, 0.6) is 11.5 Å².